The van der Waals surface area contributed by atoms with Crippen molar-refractivity contribution in [3.63, 3.8) is 0 Å². The van der Waals surface area contributed by atoms with E-state index in [0.717, 1.165) is 10.9 Å². The molecule has 0 aliphatic rings. The van der Waals surface area contributed by atoms with Gasteiger partial charge in [0.1, 0.15) is 11.3 Å². The van der Waals surface area contributed by atoms with E-state index in [4.69, 9.17) is 27.4 Å². The second-order valence-corrected chi connectivity index (χ2v) is 5.19. The van der Waals surface area contributed by atoms with Crippen molar-refractivity contribution in [2.75, 3.05) is 11.5 Å². The number of nitrogens with two attached hydrogens (primary N) is 4. The van der Waals surface area contributed by atoms with Crippen molar-refractivity contribution in [1.82, 2.24) is 9.97 Å². The van der Waals surface area contributed by atoms with Gasteiger partial charge in [-0.25, -0.2) is 9.97 Å². The molecule has 3 rings (SSSR count). The van der Waals surface area contributed by atoms with Crippen LogP contribution >= 0.6 is 0 Å². The molecule has 0 aliphatic heterocycles. The lowest BCUT2D eigenvalue weighted by Gasteiger charge is -2.05. The summed E-state index contributed by atoms with van der Waals surface area (Å²) in [6.45, 7) is 1.97. The Bertz CT molecular complexity index is 987. The highest BCUT2D eigenvalue weighted by Gasteiger charge is 2.19. The number of benzene rings is 1. The second-order valence-electron chi connectivity index (χ2n) is 5.19. The van der Waals surface area contributed by atoms with E-state index in [1.165, 1.54) is 0 Å². The molecule has 0 atom stereocenters. The minimum atomic E-state index is -0.812. The number of aryl methyl sites for hydroxylation is 1. The molecule has 0 unspecified atom stereocenters. The van der Waals surface area contributed by atoms with Gasteiger partial charge in [0.25, 0.3) is 0 Å². The summed E-state index contributed by atoms with van der Waals surface area (Å²) in [7, 11) is 0. The summed E-state index contributed by atoms with van der Waals surface area (Å²) in [6.07, 6.45) is 0. The number of rotatable bonds is 2. The van der Waals surface area contributed by atoms with Crippen molar-refractivity contribution >= 4 is 34.5 Å². The van der Waals surface area contributed by atoms with Crippen molar-refractivity contribution in [1.29, 1.82) is 0 Å². The Hall–Kier alpha value is -3.62. The summed E-state index contributed by atoms with van der Waals surface area (Å²) in [6, 6.07) is 7.46. The summed E-state index contributed by atoms with van der Waals surface area (Å²) in [5.74, 6) is -0.992. The summed E-state index contributed by atoms with van der Waals surface area (Å²) in [5.41, 5.74) is 23.7. The van der Waals surface area contributed by atoms with Crippen LogP contribution in [-0.4, -0.2) is 21.8 Å². The number of nitrogen functional groups attached to an aromatic ring is 2. The lowest BCUT2D eigenvalue weighted by atomic mass is 10.2. The van der Waals surface area contributed by atoms with Gasteiger partial charge in [-0.05, 0) is 25.1 Å². The molecular weight excluding hydrogens is 310 g/mol. The number of aliphatic imine (C=N–C) groups is 1. The van der Waals surface area contributed by atoms with Crippen molar-refractivity contribution < 1.29 is 9.21 Å². The Morgan fingerprint density at radius 3 is 2.58 bits per heavy atom. The Morgan fingerprint density at radius 2 is 1.88 bits per heavy atom. The van der Waals surface area contributed by atoms with Crippen LogP contribution in [0, 0.1) is 6.92 Å². The van der Waals surface area contributed by atoms with Gasteiger partial charge in [-0.3, -0.25) is 4.79 Å². The maximum atomic E-state index is 12.0. The van der Waals surface area contributed by atoms with Crippen molar-refractivity contribution in [2.45, 2.75) is 6.92 Å². The summed E-state index contributed by atoms with van der Waals surface area (Å²) >= 11 is 0. The van der Waals surface area contributed by atoms with Crippen LogP contribution < -0.4 is 22.9 Å². The van der Waals surface area contributed by atoms with Gasteiger partial charge in [0.15, 0.2) is 29.0 Å². The van der Waals surface area contributed by atoms with Crippen LogP contribution in [0.1, 0.15) is 16.1 Å². The molecule has 1 aromatic carbocycles. The SMILES string of the molecule is Cc1ccc2oc(-c3nc(C(=O)N=C(N)N)c(N)nc3N)cc2c1. The van der Waals surface area contributed by atoms with Crippen LogP contribution in [0.2, 0.25) is 0 Å². The first-order valence-electron chi connectivity index (χ1n) is 6.92. The molecule has 0 saturated carbocycles. The van der Waals surface area contributed by atoms with E-state index in [9.17, 15) is 4.79 Å². The average molecular weight is 325 g/mol. The van der Waals surface area contributed by atoms with E-state index < -0.39 is 11.9 Å². The highest BCUT2D eigenvalue weighted by molar-refractivity contribution is 6.03. The Labute approximate surface area is 136 Å². The molecule has 8 N–H and O–H groups in total. The molecule has 0 saturated heterocycles. The monoisotopic (exact) mass is 325 g/mol. The molecule has 3 aromatic rings. The topological polar surface area (TPSA) is 172 Å². The van der Waals surface area contributed by atoms with Gasteiger partial charge in [0.05, 0.1) is 0 Å². The van der Waals surface area contributed by atoms with Gasteiger partial charge in [0, 0.05) is 5.39 Å². The number of guanidine groups is 1. The molecule has 0 radical (unpaired) electrons. The predicted molar refractivity (Wildman–Crippen MR) is 90.9 cm³/mol. The molecule has 24 heavy (non-hydrogen) atoms. The van der Waals surface area contributed by atoms with Gasteiger partial charge in [-0.2, -0.15) is 4.99 Å². The molecule has 122 valence electrons. The lowest BCUT2D eigenvalue weighted by Crippen LogP contribution is -2.25. The fourth-order valence-electron chi connectivity index (χ4n) is 2.25. The van der Waals surface area contributed by atoms with Gasteiger partial charge in [-0.15, -0.1) is 0 Å². The third kappa shape index (κ3) is 2.70. The second kappa shape index (κ2) is 5.54. The maximum absolute atomic E-state index is 12.0. The van der Waals surface area contributed by atoms with E-state index >= 15 is 0 Å². The smallest absolute Gasteiger partial charge is 0.302 e. The number of carbonyl (C=O) groups excluding carboxylic acids is 1. The quantitative estimate of drug-likeness (QED) is 0.395. The van der Waals surface area contributed by atoms with E-state index in [0.29, 0.717) is 11.3 Å². The first-order valence-corrected chi connectivity index (χ1v) is 6.92. The molecule has 1 amide bonds. The number of furan rings is 1. The molecule has 2 heterocycles. The first kappa shape index (κ1) is 15.3. The van der Waals surface area contributed by atoms with Crippen LogP contribution in [0.4, 0.5) is 11.6 Å². The fraction of sp³-hybridized carbons (Fsp3) is 0.0667. The number of hydrogen-bond donors (Lipinski definition) is 4. The van der Waals surface area contributed by atoms with Gasteiger partial charge in [-0.1, -0.05) is 11.6 Å². The van der Waals surface area contributed by atoms with Crippen LogP contribution in [0.5, 0.6) is 0 Å². The first-order chi connectivity index (χ1) is 11.3. The number of carbonyl (C=O) groups is 1. The highest BCUT2D eigenvalue weighted by Crippen LogP contribution is 2.31. The molecular formula is C15H15N7O2. The molecule has 0 spiro atoms. The summed E-state index contributed by atoms with van der Waals surface area (Å²) in [5, 5.41) is 0.875. The van der Waals surface area contributed by atoms with E-state index in [1.54, 1.807) is 6.07 Å². The summed E-state index contributed by atoms with van der Waals surface area (Å²) < 4.78 is 5.73. The van der Waals surface area contributed by atoms with Crippen LogP contribution in [0.3, 0.4) is 0 Å². The Morgan fingerprint density at radius 1 is 1.12 bits per heavy atom. The number of amides is 1. The predicted octanol–water partition coefficient (Wildman–Crippen LogP) is 0.776. The zero-order valence-corrected chi connectivity index (χ0v) is 12.8. The average Bonchev–Trinajstić information content (AvgIpc) is 2.88. The normalized spacial score (nSPS) is 10.7. The van der Waals surface area contributed by atoms with Gasteiger partial charge in [0.2, 0.25) is 0 Å². The molecule has 0 fully saturated rings. The number of hydrogen-bond acceptors (Lipinski definition) is 6. The summed E-state index contributed by atoms with van der Waals surface area (Å²) in [4.78, 5) is 23.5. The molecule has 0 aliphatic carbocycles. The van der Waals surface area contributed by atoms with Crippen LogP contribution in [0.25, 0.3) is 22.4 Å². The third-order valence-electron chi connectivity index (χ3n) is 3.29. The highest BCUT2D eigenvalue weighted by atomic mass is 16.3. The van der Waals surface area contributed by atoms with Crippen molar-refractivity contribution in [3.05, 3.63) is 35.5 Å². The van der Waals surface area contributed by atoms with Gasteiger partial charge >= 0.3 is 5.91 Å². The largest absolute Gasteiger partial charge is 0.454 e. The lowest BCUT2D eigenvalue weighted by molar-refractivity contribution is 0.0999. The van der Waals surface area contributed by atoms with Crippen molar-refractivity contribution in [3.8, 4) is 11.5 Å². The molecule has 0 bridgehead atoms. The molecule has 2 aromatic heterocycles. The van der Waals surface area contributed by atoms with E-state index in [2.05, 4.69) is 15.0 Å². The van der Waals surface area contributed by atoms with Crippen LogP contribution in [-0.2, 0) is 0 Å². The number of anilines is 2. The number of aromatic nitrogens is 2. The number of nitrogens with zero attached hydrogens (tertiary/aromatic N) is 3. The van der Waals surface area contributed by atoms with E-state index in [1.807, 2.05) is 25.1 Å². The minimum absolute atomic E-state index is 0.0320. The number of fused-ring (bicyclic) bond motifs is 1. The minimum Gasteiger partial charge on any atom is -0.454 e. The zero-order valence-electron chi connectivity index (χ0n) is 12.8. The zero-order chi connectivity index (χ0) is 17.4. The Balaban J connectivity index is 2.15. The maximum Gasteiger partial charge on any atom is 0.302 e. The van der Waals surface area contributed by atoms with E-state index in [-0.39, 0.29) is 23.0 Å². The third-order valence-corrected chi connectivity index (χ3v) is 3.29. The van der Waals surface area contributed by atoms with Crippen molar-refractivity contribution in [2.24, 2.45) is 16.5 Å². The standard InChI is InChI=1S/C15H15N7O2/c1-6-2-3-8-7(4-6)5-9(24-8)10-12(16)21-13(17)11(20-10)14(23)22-15(18)19/h2-5H,1H3,(H4,16,17,21)(H4,18,19,22,23). The molecule has 9 nitrogen and oxygen atoms in total. The van der Waals surface area contributed by atoms with Crippen LogP contribution in [0.15, 0.2) is 33.7 Å². The Kier molecular flexibility index (Phi) is 3.53. The fourth-order valence-corrected chi connectivity index (χ4v) is 2.25. The molecule has 9 heteroatoms. The van der Waals surface area contributed by atoms with Gasteiger partial charge < -0.3 is 27.4 Å².